The number of carbonyl (C=O) groups excluding carboxylic acids is 1. The summed E-state index contributed by atoms with van der Waals surface area (Å²) in [5.41, 5.74) is 2.50. The summed E-state index contributed by atoms with van der Waals surface area (Å²) >= 11 is 9.71. The number of nitrogens with one attached hydrogen (secondary N) is 2. The summed E-state index contributed by atoms with van der Waals surface area (Å²) in [4.78, 5) is 21.0. The third-order valence-corrected chi connectivity index (χ3v) is 5.80. The van der Waals surface area contributed by atoms with Crippen LogP contribution in [0.3, 0.4) is 0 Å². The van der Waals surface area contributed by atoms with Crippen molar-refractivity contribution in [1.29, 1.82) is 0 Å². The van der Waals surface area contributed by atoms with Crippen LogP contribution in [0.5, 0.6) is 11.5 Å². The van der Waals surface area contributed by atoms with Crippen LogP contribution in [0.25, 0.3) is 10.9 Å². The molecule has 0 atom stereocenters. The third-order valence-electron chi connectivity index (χ3n) is 5.13. The number of hydrogen-bond acceptors (Lipinski definition) is 6. The average molecular weight is 586 g/mol. The lowest BCUT2D eigenvalue weighted by molar-refractivity contribution is -0.111. The molecule has 37 heavy (non-hydrogen) atoms. The number of fused-ring (bicyclic) bond motifs is 1. The fourth-order valence-corrected chi connectivity index (χ4v) is 3.92. The molecule has 0 spiro atoms. The van der Waals surface area contributed by atoms with Gasteiger partial charge in [-0.1, -0.05) is 45.7 Å². The van der Waals surface area contributed by atoms with Crippen molar-refractivity contribution in [2.24, 2.45) is 0 Å². The molecule has 0 saturated carbocycles. The van der Waals surface area contributed by atoms with Crippen molar-refractivity contribution < 1.29 is 18.7 Å². The molecule has 0 fully saturated rings. The van der Waals surface area contributed by atoms with Crippen molar-refractivity contribution in [3.63, 3.8) is 0 Å². The number of benzene rings is 3. The fourth-order valence-electron chi connectivity index (χ4n) is 3.50. The highest BCUT2D eigenvalue weighted by Crippen LogP contribution is 2.35. The highest BCUT2D eigenvalue weighted by atomic mass is 79.9. The van der Waals surface area contributed by atoms with E-state index in [2.05, 4.69) is 36.5 Å². The third kappa shape index (κ3) is 6.96. The van der Waals surface area contributed by atoms with E-state index in [4.69, 9.17) is 21.1 Å². The first-order valence-electron chi connectivity index (χ1n) is 11.4. The van der Waals surface area contributed by atoms with Gasteiger partial charge in [0.2, 0.25) is 5.91 Å². The van der Waals surface area contributed by atoms with E-state index in [0.29, 0.717) is 62.1 Å². The first kappa shape index (κ1) is 26.4. The van der Waals surface area contributed by atoms with E-state index in [-0.39, 0.29) is 18.3 Å². The van der Waals surface area contributed by atoms with Crippen LogP contribution in [0.2, 0.25) is 5.02 Å². The zero-order chi connectivity index (χ0) is 26.2. The normalized spacial score (nSPS) is 11.0. The molecule has 0 aliphatic rings. The number of ether oxygens (including phenoxy) is 2. The zero-order valence-corrected chi connectivity index (χ0v) is 22.1. The van der Waals surface area contributed by atoms with Crippen LogP contribution in [0, 0.1) is 5.82 Å². The quantitative estimate of drug-likeness (QED) is 0.153. The Morgan fingerprint density at radius 1 is 1.11 bits per heavy atom. The van der Waals surface area contributed by atoms with Gasteiger partial charge in [0.1, 0.15) is 36.1 Å². The molecule has 0 aliphatic heterocycles. The van der Waals surface area contributed by atoms with Crippen LogP contribution in [-0.4, -0.2) is 27.8 Å². The van der Waals surface area contributed by atoms with E-state index >= 15 is 0 Å². The molecule has 0 saturated heterocycles. The van der Waals surface area contributed by atoms with Crippen molar-refractivity contribution >= 4 is 61.5 Å². The Bertz CT molecular complexity index is 1450. The minimum atomic E-state index is -0.324. The summed E-state index contributed by atoms with van der Waals surface area (Å²) in [6.07, 6.45) is 4.58. The zero-order valence-electron chi connectivity index (χ0n) is 19.8. The van der Waals surface area contributed by atoms with E-state index < -0.39 is 0 Å². The van der Waals surface area contributed by atoms with Gasteiger partial charge in [0.15, 0.2) is 0 Å². The predicted octanol–water partition coefficient (Wildman–Crippen LogP) is 7.03. The van der Waals surface area contributed by atoms with Crippen molar-refractivity contribution in [3.8, 4) is 11.5 Å². The van der Waals surface area contributed by atoms with Gasteiger partial charge in [-0.2, -0.15) is 0 Å². The average Bonchev–Trinajstić information content (AvgIpc) is 2.88. The molecule has 0 aliphatic carbocycles. The molecule has 0 radical (unpaired) electrons. The first-order chi connectivity index (χ1) is 18.0. The van der Waals surface area contributed by atoms with Crippen LogP contribution in [0.1, 0.15) is 12.5 Å². The lowest BCUT2D eigenvalue weighted by atomic mass is 10.1. The van der Waals surface area contributed by atoms with E-state index in [9.17, 15) is 9.18 Å². The SMILES string of the molecule is CCOc1cc2ncnc(Nc3ccc(OCc4cccc(F)c4)c(Cl)c3)c2cc1NC(=O)C=CCBr. The molecular weight excluding hydrogens is 563 g/mol. The molecule has 7 nitrogen and oxygen atoms in total. The highest BCUT2D eigenvalue weighted by Gasteiger charge is 2.13. The summed E-state index contributed by atoms with van der Waals surface area (Å²) in [6.45, 7) is 2.47. The lowest BCUT2D eigenvalue weighted by Gasteiger charge is -2.15. The van der Waals surface area contributed by atoms with Gasteiger partial charge >= 0.3 is 0 Å². The number of alkyl halides is 1. The van der Waals surface area contributed by atoms with Gasteiger partial charge in [-0.05, 0) is 48.9 Å². The van der Waals surface area contributed by atoms with Crippen LogP contribution >= 0.6 is 27.5 Å². The summed E-state index contributed by atoms with van der Waals surface area (Å²) in [7, 11) is 0. The Labute approximate surface area is 226 Å². The number of hydrogen-bond donors (Lipinski definition) is 2. The van der Waals surface area contributed by atoms with E-state index in [1.54, 1.807) is 48.5 Å². The van der Waals surface area contributed by atoms with E-state index in [0.717, 1.165) is 0 Å². The minimum absolute atomic E-state index is 0.183. The van der Waals surface area contributed by atoms with Gasteiger partial charge in [0.25, 0.3) is 0 Å². The molecule has 0 unspecified atom stereocenters. The van der Waals surface area contributed by atoms with Gasteiger partial charge in [0, 0.05) is 28.5 Å². The number of halogens is 3. The van der Waals surface area contributed by atoms with Crippen LogP contribution in [-0.2, 0) is 11.4 Å². The topological polar surface area (TPSA) is 85.4 Å². The molecule has 4 aromatic rings. The second-order valence-electron chi connectivity index (χ2n) is 7.76. The predicted molar refractivity (Wildman–Crippen MR) is 148 cm³/mol. The molecule has 190 valence electrons. The number of aromatic nitrogens is 2. The molecule has 2 N–H and O–H groups in total. The second-order valence-corrected chi connectivity index (χ2v) is 8.81. The van der Waals surface area contributed by atoms with Crippen LogP contribution < -0.4 is 20.1 Å². The number of rotatable bonds is 10. The molecule has 1 amide bonds. The molecular formula is C27H23BrClFN4O3. The Kier molecular flexibility index (Phi) is 8.92. The number of allylic oxidation sites excluding steroid dienone is 1. The number of anilines is 3. The maximum atomic E-state index is 13.4. The molecule has 4 rings (SSSR count). The smallest absolute Gasteiger partial charge is 0.248 e. The Balaban J connectivity index is 1.57. The van der Waals surface area contributed by atoms with Gasteiger partial charge in [-0.3, -0.25) is 4.79 Å². The maximum Gasteiger partial charge on any atom is 0.248 e. The van der Waals surface area contributed by atoms with Crippen molar-refractivity contribution in [2.75, 3.05) is 22.6 Å². The van der Waals surface area contributed by atoms with Gasteiger partial charge < -0.3 is 20.1 Å². The second kappa shape index (κ2) is 12.5. The Morgan fingerprint density at radius 3 is 2.73 bits per heavy atom. The minimum Gasteiger partial charge on any atom is -0.492 e. The number of nitrogens with zero attached hydrogens (tertiary/aromatic N) is 2. The van der Waals surface area contributed by atoms with E-state index in [1.807, 2.05) is 6.92 Å². The van der Waals surface area contributed by atoms with Crippen LogP contribution in [0.15, 0.2) is 73.1 Å². The summed E-state index contributed by atoms with van der Waals surface area (Å²) in [5.74, 6) is 0.876. The van der Waals surface area contributed by atoms with Gasteiger partial charge in [0.05, 0.1) is 22.8 Å². The summed E-state index contributed by atoms with van der Waals surface area (Å²) in [6, 6.07) is 14.9. The van der Waals surface area contributed by atoms with Gasteiger partial charge in [-0.15, -0.1) is 0 Å². The molecule has 3 aromatic carbocycles. The van der Waals surface area contributed by atoms with Crippen molar-refractivity contribution in [1.82, 2.24) is 9.97 Å². The summed E-state index contributed by atoms with van der Waals surface area (Å²) < 4.78 is 24.9. The highest BCUT2D eigenvalue weighted by molar-refractivity contribution is 9.09. The van der Waals surface area contributed by atoms with Crippen molar-refractivity contribution in [3.05, 3.63) is 89.5 Å². The molecule has 1 aromatic heterocycles. The summed E-state index contributed by atoms with van der Waals surface area (Å²) in [5, 5.41) is 7.71. The van der Waals surface area contributed by atoms with E-state index in [1.165, 1.54) is 24.5 Å². The standard InChI is InChI=1S/C27H23BrClFN4O3/c1-2-36-25-14-22-20(13-23(25)34-26(35)7-4-10-28)27(32-16-31-22)33-19-8-9-24(21(29)12-19)37-15-17-5-3-6-18(30)11-17/h3-9,11-14,16H,2,10,15H2,1H3,(H,34,35)(H,31,32,33). The fraction of sp³-hybridized carbons (Fsp3) is 0.148. The van der Waals surface area contributed by atoms with Gasteiger partial charge in [-0.25, -0.2) is 14.4 Å². The first-order valence-corrected chi connectivity index (χ1v) is 12.9. The molecule has 10 heteroatoms. The monoisotopic (exact) mass is 584 g/mol. The molecule has 1 heterocycles. The molecule has 0 bridgehead atoms. The van der Waals surface area contributed by atoms with Crippen molar-refractivity contribution in [2.45, 2.75) is 13.5 Å². The maximum absolute atomic E-state index is 13.4. The van der Waals surface area contributed by atoms with Crippen LogP contribution in [0.4, 0.5) is 21.6 Å². The number of amides is 1. The lowest BCUT2D eigenvalue weighted by Crippen LogP contribution is -2.10. The largest absolute Gasteiger partial charge is 0.492 e. The Hall–Kier alpha value is -3.69. The Morgan fingerprint density at radius 2 is 1.97 bits per heavy atom. The number of carbonyl (C=O) groups is 1.